The summed E-state index contributed by atoms with van der Waals surface area (Å²) < 4.78 is 0. The van der Waals surface area contributed by atoms with Crippen molar-refractivity contribution in [1.29, 1.82) is 0 Å². The molecule has 0 aromatic heterocycles. The molecule has 1 aromatic rings. The van der Waals surface area contributed by atoms with Crippen molar-refractivity contribution in [2.75, 3.05) is 38.7 Å². The molecule has 8 heteroatoms. The number of phenolic OH excluding ortho intramolecular Hbond substituents is 1. The maximum atomic E-state index is 11.9. The van der Waals surface area contributed by atoms with Crippen molar-refractivity contribution in [2.24, 2.45) is 0 Å². The molecule has 0 aliphatic heterocycles. The lowest BCUT2D eigenvalue weighted by Crippen LogP contribution is -2.25. The smallest absolute Gasteiger partial charge is 0.255 e. The molecule has 0 fully saturated rings. The highest BCUT2D eigenvalue weighted by Gasteiger charge is 2.14. The molecule has 0 bridgehead atoms. The first kappa shape index (κ1) is 18.8. The number of halogens is 2. The zero-order valence-electron chi connectivity index (χ0n) is 11.9. The summed E-state index contributed by atoms with van der Waals surface area (Å²) in [5.41, 5.74) is 0.0951. The minimum absolute atomic E-state index is 0.0706. The Balaban J connectivity index is 2.32. The Morgan fingerprint density at radius 3 is 2.62 bits per heavy atom. The number of hydrogen-bond donors (Lipinski definition) is 2. The second-order valence-electron chi connectivity index (χ2n) is 4.49. The van der Waals surface area contributed by atoms with Crippen molar-refractivity contribution < 1.29 is 9.90 Å². The molecule has 4 nitrogen and oxygen atoms in total. The number of phenols is 1. The van der Waals surface area contributed by atoms with Gasteiger partial charge in [-0.05, 0) is 26.2 Å². The molecular weight excluding hydrogens is 351 g/mol. The number of nitrogens with zero attached hydrogens (tertiary/aromatic N) is 1. The molecule has 1 amide bonds. The molecule has 0 saturated heterocycles. The van der Waals surface area contributed by atoms with Gasteiger partial charge in [-0.2, -0.15) is 0 Å². The standard InChI is InChI=1S/C13H18Cl2N2O2S2/c1-17(2)4-6-21-20-5-3-16-13(19)10-7-9(14)8-11(15)12(10)18/h7-8,18H,3-6H2,1-2H3,(H,16,19). The summed E-state index contributed by atoms with van der Waals surface area (Å²) in [5, 5.41) is 12.9. The third-order valence-electron chi connectivity index (χ3n) is 2.45. The number of rotatable bonds is 8. The average Bonchev–Trinajstić information content (AvgIpc) is 2.41. The Bertz CT molecular complexity index is 487. The van der Waals surface area contributed by atoms with Crippen molar-refractivity contribution in [3.63, 3.8) is 0 Å². The van der Waals surface area contributed by atoms with Gasteiger partial charge in [0.1, 0.15) is 5.75 Å². The van der Waals surface area contributed by atoms with E-state index in [0.717, 1.165) is 18.1 Å². The van der Waals surface area contributed by atoms with E-state index >= 15 is 0 Å². The van der Waals surface area contributed by atoms with Gasteiger partial charge in [0.05, 0.1) is 10.6 Å². The molecule has 0 heterocycles. The van der Waals surface area contributed by atoms with Crippen LogP contribution in [0.3, 0.4) is 0 Å². The molecule has 0 aliphatic rings. The number of hydrogen-bond acceptors (Lipinski definition) is 5. The molecule has 21 heavy (non-hydrogen) atoms. The lowest BCUT2D eigenvalue weighted by molar-refractivity contribution is 0.0953. The molecule has 0 radical (unpaired) electrons. The van der Waals surface area contributed by atoms with Crippen LogP contribution in [0.1, 0.15) is 10.4 Å². The fraction of sp³-hybridized carbons (Fsp3) is 0.462. The van der Waals surface area contributed by atoms with Crippen molar-refractivity contribution in [3.8, 4) is 5.75 Å². The maximum absolute atomic E-state index is 11.9. The highest BCUT2D eigenvalue weighted by molar-refractivity contribution is 8.76. The topological polar surface area (TPSA) is 52.6 Å². The molecule has 1 aromatic carbocycles. The van der Waals surface area contributed by atoms with Gasteiger partial charge >= 0.3 is 0 Å². The highest BCUT2D eigenvalue weighted by Crippen LogP contribution is 2.31. The first-order valence-electron chi connectivity index (χ1n) is 6.27. The van der Waals surface area contributed by atoms with Crippen molar-refractivity contribution in [1.82, 2.24) is 10.2 Å². The Morgan fingerprint density at radius 2 is 1.95 bits per heavy atom. The van der Waals surface area contributed by atoms with Crippen LogP contribution in [0.5, 0.6) is 5.75 Å². The number of nitrogens with one attached hydrogen (secondary N) is 1. The van der Waals surface area contributed by atoms with Gasteiger partial charge in [-0.1, -0.05) is 44.8 Å². The fourth-order valence-corrected chi connectivity index (χ4v) is 3.91. The van der Waals surface area contributed by atoms with E-state index in [0.29, 0.717) is 11.6 Å². The van der Waals surface area contributed by atoms with E-state index in [1.165, 1.54) is 12.1 Å². The SMILES string of the molecule is CN(C)CCSSCCNC(=O)c1cc(Cl)cc(Cl)c1O. The average molecular weight is 369 g/mol. The van der Waals surface area contributed by atoms with Gasteiger partial charge in [-0.15, -0.1) is 0 Å². The first-order chi connectivity index (χ1) is 9.91. The van der Waals surface area contributed by atoms with Crippen LogP contribution >= 0.6 is 44.8 Å². The van der Waals surface area contributed by atoms with E-state index in [1.54, 1.807) is 21.6 Å². The summed E-state index contributed by atoms with van der Waals surface area (Å²) in [7, 11) is 7.54. The largest absolute Gasteiger partial charge is 0.506 e. The summed E-state index contributed by atoms with van der Waals surface area (Å²) in [5.74, 6) is 1.21. The maximum Gasteiger partial charge on any atom is 0.255 e. The summed E-state index contributed by atoms with van der Waals surface area (Å²) in [6.07, 6.45) is 0. The number of carbonyl (C=O) groups excluding carboxylic acids is 1. The van der Waals surface area contributed by atoms with Crippen LogP contribution in [-0.4, -0.2) is 54.6 Å². The third kappa shape index (κ3) is 7.02. The van der Waals surface area contributed by atoms with Gasteiger partial charge in [0.2, 0.25) is 0 Å². The van der Waals surface area contributed by atoms with Crippen LogP contribution < -0.4 is 5.32 Å². The van der Waals surface area contributed by atoms with E-state index in [9.17, 15) is 9.90 Å². The van der Waals surface area contributed by atoms with Crippen LogP contribution in [0, 0.1) is 0 Å². The molecular formula is C13H18Cl2N2O2S2. The highest BCUT2D eigenvalue weighted by atomic mass is 35.5. The molecule has 0 aliphatic carbocycles. The fourth-order valence-electron chi connectivity index (χ4n) is 1.38. The van der Waals surface area contributed by atoms with Gasteiger partial charge in [0.25, 0.3) is 5.91 Å². The van der Waals surface area contributed by atoms with E-state index in [2.05, 4.69) is 10.2 Å². The Hall–Kier alpha value is -0.270. The third-order valence-corrected chi connectivity index (χ3v) is 5.34. The zero-order valence-corrected chi connectivity index (χ0v) is 15.0. The lowest BCUT2D eigenvalue weighted by Gasteiger charge is -2.09. The quantitative estimate of drug-likeness (QED) is 0.544. The Kier molecular flexibility index (Phi) is 8.66. The minimum atomic E-state index is -0.379. The summed E-state index contributed by atoms with van der Waals surface area (Å²) >= 11 is 11.6. The van der Waals surface area contributed by atoms with Gasteiger partial charge in [-0.25, -0.2) is 0 Å². The molecule has 0 spiro atoms. The summed E-state index contributed by atoms with van der Waals surface area (Å²) in [6.45, 7) is 1.54. The Labute approximate surface area is 143 Å². The normalized spacial score (nSPS) is 10.9. The molecule has 0 unspecified atom stereocenters. The lowest BCUT2D eigenvalue weighted by atomic mass is 10.2. The second-order valence-corrected chi connectivity index (χ2v) is 8.03. The number of aromatic hydroxyl groups is 1. The number of benzene rings is 1. The first-order valence-corrected chi connectivity index (χ1v) is 9.51. The van der Waals surface area contributed by atoms with E-state index in [4.69, 9.17) is 23.2 Å². The Morgan fingerprint density at radius 1 is 1.29 bits per heavy atom. The predicted octanol–water partition coefficient (Wildman–Crippen LogP) is 3.37. The van der Waals surface area contributed by atoms with Gasteiger partial charge < -0.3 is 15.3 Å². The van der Waals surface area contributed by atoms with Gasteiger partial charge in [0.15, 0.2) is 0 Å². The van der Waals surface area contributed by atoms with Gasteiger partial charge in [-0.3, -0.25) is 4.79 Å². The zero-order chi connectivity index (χ0) is 15.8. The predicted molar refractivity (Wildman–Crippen MR) is 93.9 cm³/mol. The van der Waals surface area contributed by atoms with Gasteiger partial charge in [0, 0.05) is 29.6 Å². The molecule has 118 valence electrons. The summed E-state index contributed by atoms with van der Waals surface area (Å²) in [6, 6.07) is 2.80. The van der Waals surface area contributed by atoms with E-state index in [-0.39, 0.29) is 22.2 Å². The summed E-state index contributed by atoms with van der Waals surface area (Å²) in [4.78, 5) is 14.1. The molecule has 0 atom stereocenters. The van der Waals surface area contributed by atoms with E-state index in [1.807, 2.05) is 14.1 Å². The second kappa shape index (κ2) is 9.69. The van der Waals surface area contributed by atoms with Crippen LogP contribution in [0.2, 0.25) is 10.0 Å². The van der Waals surface area contributed by atoms with Crippen molar-refractivity contribution >= 4 is 50.7 Å². The molecule has 2 N–H and O–H groups in total. The van der Waals surface area contributed by atoms with Crippen LogP contribution in [0.25, 0.3) is 0 Å². The van der Waals surface area contributed by atoms with E-state index < -0.39 is 0 Å². The monoisotopic (exact) mass is 368 g/mol. The minimum Gasteiger partial charge on any atom is -0.506 e. The van der Waals surface area contributed by atoms with Crippen LogP contribution in [0.4, 0.5) is 0 Å². The molecule has 1 rings (SSSR count). The van der Waals surface area contributed by atoms with Crippen LogP contribution in [-0.2, 0) is 0 Å². The van der Waals surface area contributed by atoms with Crippen molar-refractivity contribution in [3.05, 3.63) is 27.7 Å². The van der Waals surface area contributed by atoms with Crippen molar-refractivity contribution in [2.45, 2.75) is 0 Å². The number of carbonyl (C=O) groups is 1. The number of amides is 1. The van der Waals surface area contributed by atoms with Crippen LogP contribution in [0.15, 0.2) is 12.1 Å². The molecule has 0 saturated carbocycles.